The van der Waals surface area contributed by atoms with E-state index in [0.29, 0.717) is 6.42 Å². The van der Waals surface area contributed by atoms with Gasteiger partial charge in [0.25, 0.3) is 0 Å². The maximum Gasteiger partial charge on any atom is 0.162 e. The first-order chi connectivity index (χ1) is 5.70. The Balaban J connectivity index is 2.62. The second kappa shape index (κ2) is 4.05. The van der Waals surface area contributed by atoms with Crippen molar-refractivity contribution in [1.29, 1.82) is 0 Å². The predicted molar refractivity (Wildman–Crippen MR) is 50.9 cm³/mol. The normalized spacial score (nSPS) is 15.8. The van der Waals surface area contributed by atoms with Crippen LogP contribution in [-0.4, -0.2) is 5.78 Å². The number of ketones is 1. The molecular weight excluding hydrogens is 148 g/mol. The maximum absolute atomic E-state index is 11.3. The molecule has 64 valence electrons. The SMILES string of the molecule is CC(C)=CCC1=CC=CCC1=O. The van der Waals surface area contributed by atoms with Gasteiger partial charge in [0.1, 0.15) is 0 Å². The van der Waals surface area contributed by atoms with E-state index in [4.69, 9.17) is 0 Å². The van der Waals surface area contributed by atoms with Gasteiger partial charge in [-0.25, -0.2) is 0 Å². The van der Waals surface area contributed by atoms with E-state index in [0.717, 1.165) is 12.0 Å². The average molecular weight is 162 g/mol. The van der Waals surface area contributed by atoms with Crippen LogP contribution in [0.3, 0.4) is 0 Å². The van der Waals surface area contributed by atoms with Gasteiger partial charge in [0.2, 0.25) is 0 Å². The number of hydrogen-bond acceptors (Lipinski definition) is 1. The van der Waals surface area contributed by atoms with Crippen LogP contribution in [0.15, 0.2) is 35.5 Å². The molecule has 0 bridgehead atoms. The van der Waals surface area contributed by atoms with Gasteiger partial charge in [-0.1, -0.05) is 29.9 Å². The molecule has 1 nitrogen and oxygen atoms in total. The van der Waals surface area contributed by atoms with E-state index in [2.05, 4.69) is 6.08 Å². The fraction of sp³-hybridized carbons (Fsp3) is 0.364. The van der Waals surface area contributed by atoms with Crippen molar-refractivity contribution >= 4 is 5.78 Å². The van der Waals surface area contributed by atoms with E-state index in [1.165, 1.54) is 5.57 Å². The third kappa shape index (κ3) is 2.50. The molecule has 0 saturated heterocycles. The number of Topliss-reactive ketones (excluding diaryl/α,β-unsaturated/α-hetero) is 1. The molecule has 0 aromatic rings. The first-order valence-corrected chi connectivity index (χ1v) is 4.22. The first-order valence-electron chi connectivity index (χ1n) is 4.22. The highest BCUT2D eigenvalue weighted by atomic mass is 16.1. The summed E-state index contributed by atoms with van der Waals surface area (Å²) >= 11 is 0. The zero-order chi connectivity index (χ0) is 8.97. The molecule has 12 heavy (non-hydrogen) atoms. The van der Waals surface area contributed by atoms with Crippen molar-refractivity contribution in [2.45, 2.75) is 26.7 Å². The Hall–Kier alpha value is -1.11. The molecule has 1 aliphatic rings. The molecule has 0 fully saturated rings. The number of allylic oxidation sites excluding steroid dienone is 6. The van der Waals surface area contributed by atoms with Gasteiger partial charge in [0.05, 0.1) is 0 Å². The van der Waals surface area contributed by atoms with Crippen molar-refractivity contribution in [3.63, 3.8) is 0 Å². The highest BCUT2D eigenvalue weighted by Gasteiger charge is 2.07. The zero-order valence-electron chi connectivity index (χ0n) is 7.63. The lowest BCUT2D eigenvalue weighted by molar-refractivity contribution is -0.114. The standard InChI is InChI=1S/C11H14O/c1-9(2)7-8-10-5-3-4-6-11(10)12/h3-5,7H,6,8H2,1-2H3. The lowest BCUT2D eigenvalue weighted by Gasteiger charge is -2.04. The van der Waals surface area contributed by atoms with E-state index < -0.39 is 0 Å². The molecule has 0 N–H and O–H groups in total. The van der Waals surface area contributed by atoms with Crippen LogP contribution in [0.4, 0.5) is 0 Å². The summed E-state index contributed by atoms with van der Waals surface area (Å²) in [6.45, 7) is 4.09. The summed E-state index contributed by atoms with van der Waals surface area (Å²) in [5.41, 5.74) is 2.19. The Morgan fingerprint density at radius 2 is 2.33 bits per heavy atom. The van der Waals surface area contributed by atoms with Crippen molar-refractivity contribution in [3.8, 4) is 0 Å². The average Bonchev–Trinajstić information content (AvgIpc) is 2.03. The Morgan fingerprint density at radius 3 is 2.92 bits per heavy atom. The van der Waals surface area contributed by atoms with Gasteiger partial charge >= 0.3 is 0 Å². The van der Waals surface area contributed by atoms with Crippen LogP contribution in [0, 0.1) is 0 Å². The molecule has 0 aromatic carbocycles. The van der Waals surface area contributed by atoms with Gasteiger partial charge in [0, 0.05) is 6.42 Å². The van der Waals surface area contributed by atoms with Crippen LogP contribution in [0.25, 0.3) is 0 Å². The topological polar surface area (TPSA) is 17.1 Å². The molecule has 0 spiro atoms. The van der Waals surface area contributed by atoms with E-state index >= 15 is 0 Å². The lowest BCUT2D eigenvalue weighted by atomic mass is 10.00. The van der Waals surface area contributed by atoms with Gasteiger partial charge in [-0.05, 0) is 25.8 Å². The molecule has 1 aliphatic carbocycles. The second-order valence-corrected chi connectivity index (χ2v) is 3.23. The third-order valence-corrected chi connectivity index (χ3v) is 1.83. The summed E-state index contributed by atoms with van der Waals surface area (Å²) in [5, 5.41) is 0. The smallest absolute Gasteiger partial charge is 0.162 e. The van der Waals surface area contributed by atoms with Crippen LogP contribution in [-0.2, 0) is 4.79 Å². The Kier molecular flexibility index (Phi) is 3.03. The number of rotatable bonds is 2. The van der Waals surface area contributed by atoms with Crippen LogP contribution in [0.1, 0.15) is 26.7 Å². The van der Waals surface area contributed by atoms with Crippen LogP contribution in [0.2, 0.25) is 0 Å². The van der Waals surface area contributed by atoms with Crippen molar-refractivity contribution in [3.05, 3.63) is 35.5 Å². The van der Waals surface area contributed by atoms with Gasteiger partial charge in [-0.2, -0.15) is 0 Å². The van der Waals surface area contributed by atoms with Crippen LogP contribution >= 0.6 is 0 Å². The minimum Gasteiger partial charge on any atom is -0.294 e. The Labute approximate surface area is 73.5 Å². The molecule has 0 amide bonds. The molecule has 0 saturated carbocycles. The van der Waals surface area contributed by atoms with Crippen molar-refractivity contribution < 1.29 is 4.79 Å². The fourth-order valence-electron chi connectivity index (χ4n) is 1.08. The van der Waals surface area contributed by atoms with E-state index in [1.807, 2.05) is 32.1 Å². The summed E-state index contributed by atoms with van der Waals surface area (Å²) in [5.74, 6) is 0.259. The van der Waals surface area contributed by atoms with Gasteiger partial charge in [-0.15, -0.1) is 0 Å². The molecule has 0 unspecified atom stereocenters. The Morgan fingerprint density at radius 1 is 1.58 bits per heavy atom. The second-order valence-electron chi connectivity index (χ2n) is 3.23. The molecule has 0 atom stereocenters. The molecule has 0 aromatic heterocycles. The lowest BCUT2D eigenvalue weighted by Crippen LogP contribution is -2.02. The third-order valence-electron chi connectivity index (χ3n) is 1.83. The fourth-order valence-corrected chi connectivity index (χ4v) is 1.08. The summed E-state index contributed by atoms with van der Waals surface area (Å²) in [4.78, 5) is 11.3. The minimum atomic E-state index is 0.259. The Bertz CT molecular complexity index is 263. The van der Waals surface area contributed by atoms with E-state index in [-0.39, 0.29) is 5.78 Å². The molecule has 0 heterocycles. The molecule has 1 rings (SSSR count). The number of carbonyl (C=O) groups is 1. The van der Waals surface area contributed by atoms with Crippen molar-refractivity contribution in [2.75, 3.05) is 0 Å². The summed E-state index contributed by atoms with van der Waals surface area (Å²) < 4.78 is 0. The minimum absolute atomic E-state index is 0.259. The van der Waals surface area contributed by atoms with E-state index in [1.54, 1.807) is 0 Å². The summed E-state index contributed by atoms with van der Waals surface area (Å²) in [7, 11) is 0. The van der Waals surface area contributed by atoms with Crippen molar-refractivity contribution in [2.24, 2.45) is 0 Å². The van der Waals surface area contributed by atoms with Crippen LogP contribution in [0.5, 0.6) is 0 Å². The highest BCUT2D eigenvalue weighted by molar-refractivity contribution is 5.97. The number of hydrogen-bond donors (Lipinski definition) is 0. The van der Waals surface area contributed by atoms with Crippen LogP contribution < -0.4 is 0 Å². The van der Waals surface area contributed by atoms with Gasteiger partial charge in [0.15, 0.2) is 5.78 Å². The monoisotopic (exact) mass is 162 g/mol. The molecule has 0 aliphatic heterocycles. The largest absolute Gasteiger partial charge is 0.294 e. The first kappa shape index (κ1) is 8.98. The van der Waals surface area contributed by atoms with Gasteiger partial charge < -0.3 is 0 Å². The highest BCUT2D eigenvalue weighted by Crippen LogP contribution is 2.13. The quantitative estimate of drug-likeness (QED) is 0.570. The molecular formula is C11H14O. The molecule has 1 heteroatoms. The van der Waals surface area contributed by atoms with E-state index in [9.17, 15) is 4.79 Å². The maximum atomic E-state index is 11.3. The predicted octanol–water partition coefficient (Wildman–Crippen LogP) is 2.80. The molecule has 0 radical (unpaired) electrons. The van der Waals surface area contributed by atoms with Crippen molar-refractivity contribution in [1.82, 2.24) is 0 Å². The number of carbonyl (C=O) groups excluding carboxylic acids is 1. The zero-order valence-corrected chi connectivity index (χ0v) is 7.63. The van der Waals surface area contributed by atoms with Gasteiger partial charge in [-0.3, -0.25) is 4.79 Å². The summed E-state index contributed by atoms with van der Waals surface area (Å²) in [6, 6.07) is 0. The summed E-state index contributed by atoms with van der Waals surface area (Å²) in [6.07, 6.45) is 9.20.